The van der Waals surface area contributed by atoms with Crippen LogP contribution in [0.15, 0.2) is 11.3 Å². The number of ketones is 1. The third-order valence-electron chi connectivity index (χ3n) is 3.75. The first-order valence-electron chi connectivity index (χ1n) is 6.31. The average molecular weight is 224 g/mol. The van der Waals surface area contributed by atoms with Crippen molar-refractivity contribution in [3.05, 3.63) is 11.3 Å². The molecule has 0 heterocycles. The predicted octanol–water partition coefficient (Wildman–Crippen LogP) is 3.71. The molecule has 0 bridgehead atoms. The molecule has 1 rings (SSSR count). The fourth-order valence-corrected chi connectivity index (χ4v) is 1.84. The molecule has 92 valence electrons. The Balaban J connectivity index is 2.87. The van der Waals surface area contributed by atoms with E-state index in [1.165, 1.54) is 0 Å². The lowest BCUT2D eigenvalue weighted by atomic mass is 9.78. The Morgan fingerprint density at radius 3 is 2.25 bits per heavy atom. The van der Waals surface area contributed by atoms with E-state index in [1.807, 2.05) is 13.8 Å². The normalized spacial score (nSPS) is 21.4. The molecule has 2 nitrogen and oxygen atoms in total. The highest BCUT2D eigenvalue weighted by molar-refractivity contribution is 6.05. The Morgan fingerprint density at radius 1 is 1.31 bits per heavy atom. The van der Waals surface area contributed by atoms with Crippen LogP contribution >= 0.6 is 0 Å². The third-order valence-corrected chi connectivity index (χ3v) is 3.75. The van der Waals surface area contributed by atoms with E-state index >= 15 is 0 Å². The van der Waals surface area contributed by atoms with Crippen LogP contribution in [0.2, 0.25) is 0 Å². The lowest BCUT2D eigenvalue weighted by molar-refractivity contribution is -0.126. The monoisotopic (exact) mass is 224 g/mol. The zero-order chi connectivity index (χ0) is 12.5. The maximum absolute atomic E-state index is 11.8. The van der Waals surface area contributed by atoms with E-state index in [0.717, 1.165) is 24.2 Å². The molecule has 1 atom stereocenters. The van der Waals surface area contributed by atoms with Gasteiger partial charge < -0.3 is 4.74 Å². The van der Waals surface area contributed by atoms with Crippen molar-refractivity contribution >= 4 is 5.78 Å². The van der Waals surface area contributed by atoms with Gasteiger partial charge in [0, 0.05) is 5.57 Å². The van der Waals surface area contributed by atoms with Crippen LogP contribution in [0, 0.1) is 11.8 Å². The Bertz CT molecular complexity index is 311. The van der Waals surface area contributed by atoms with Gasteiger partial charge in [0.05, 0.1) is 5.92 Å². The quantitative estimate of drug-likeness (QED) is 0.711. The molecule has 2 heteroatoms. The van der Waals surface area contributed by atoms with Gasteiger partial charge in [-0.15, -0.1) is 0 Å². The van der Waals surface area contributed by atoms with Gasteiger partial charge in [-0.3, -0.25) is 4.79 Å². The van der Waals surface area contributed by atoms with Crippen molar-refractivity contribution in [2.75, 3.05) is 0 Å². The highest BCUT2D eigenvalue weighted by atomic mass is 16.5. The summed E-state index contributed by atoms with van der Waals surface area (Å²) in [5, 5.41) is 0. The van der Waals surface area contributed by atoms with Gasteiger partial charge in [-0.05, 0) is 32.6 Å². The van der Waals surface area contributed by atoms with Gasteiger partial charge in [0.1, 0.15) is 11.4 Å². The molecule has 0 fully saturated rings. The summed E-state index contributed by atoms with van der Waals surface area (Å²) in [7, 11) is 0. The summed E-state index contributed by atoms with van der Waals surface area (Å²) in [6.45, 7) is 12.5. The molecular formula is C14H24O2. The molecule has 1 aliphatic carbocycles. The number of allylic oxidation sites excluding steroid dienone is 2. The van der Waals surface area contributed by atoms with Gasteiger partial charge in [0.2, 0.25) is 0 Å². The molecule has 0 amide bonds. The first kappa shape index (κ1) is 13.3. The smallest absolute Gasteiger partial charge is 0.172 e. The fourth-order valence-electron chi connectivity index (χ4n) is 1.84. The summed E-state index contributed by atoms with van der Waals surface area (Å²) in [6, 6.07) is 0. The second-order valence-corrected chi connectivity index (χ2v) is 5.38. The number of Topliss-reactive ketones (excluding diaryl/α,β-unsaturated/α-hetero) is 1. The molecule has 0 saturated heterocycles. The van der Waals surface area contributed by atoms with Crippen LogP contribution in [-0.2, 0) is 9.53 Å². The minimum Gasteiger partial charge on any atom is -0.491 e. The van der Waals surface area contributed by atoms with Crippen molar-refractivity contribution in [1.29, 1.82) is 0 Å². The number of hydrogen-bond acceptors (Lipinski definition) is 2. The molecule has 0 spiro atoms. The maximum Gasteiger partial charge on any atom is 0.172 e. The topological polar surface area (TPSA) is 26.3 Å². The number of carbonyl (C=O) groups excluding carboxylic acids is 1. The summed E-state index contributed by atoms with van der Waals surface area (Å²) in [5.74, 6) is 1.70. The van der Waals surface area contributed by atoms with Crippen molar-refractivity contribution in [1.82, 2.24) is 0 Å². The highest BCUT2D eigenvalue weighted by Gasteiger charge is 2.41. The summed E-state index contributed by atoms with van der Waals surface area (Å²) in [6.07, 6.45) is 1.64. The lowest BCUT2D eigenvalue weighted by Gasteiger charge is -2.39. The summed E-state index contributed by atoms with van der Waals surface area (Å²) in [4.78, 5) is 11.8. The van der Waals surface area contributed by atoms with Gasteiger partial charge in [-0.2, -0.15) is 0 Å². The first-order valence-corrected chi connectivity index (χ1v) is 6.31. The molecule has 1 unspecified atom stereocenters. The lowest BCUT2D eigenvalue weighted by Crippen LogP contribution is -2.39. The van der Waals surface area contributed by atoms with Gasteiger partial charge in [0.25, 0.3) is 0 Å². The molecule has 0 aliphatic heterocycles. The van der Waals surface area contributed by atoms with Crippen LogP contribution < -0.4 is 0 Å². The van der Waals surface area contributed by atoms with Crippen molar-refractivity contribution < 1.29 is 9.53 Å². The highest BCUT2D eigenvalue weighted by Crippen LogP contribution is 2.39. The van der Waals surface area contributed by atoms with Gasteiger partial charge >= 0.3 is 0 Å². The number of carbonyl (C=O) groups is 1. The van der Waals surface area contributed by atoms with Gasteiger partial charge in [-0.25, -0.2) is 0 Å². The Morgan fingerprint density at radius 2 is 1.88 bits per heavy atom. The molecule has 1 aliphatic rings. The van der Waals surface area contributed by atoms with E-state index < -0.39 is 0 Å². The van der Waals surface area contributed by atoms with Crippen LogP contribution in [0.3, 0.4) is 0 Å². The second kappa shape index (κ2) is 4.60. The van der Waals surface area contributed by atoms with E-state index in [1.54, 1.807) is 0 Å². The largest absolute Gasteiger partial charge is 0.491 e. The number of rotatable bonds is 5. The summed E-state index contributed by atoms with van der Waals surface area (Å²) < 4.78 is 6.07. The van der Waals surface area contributed by atoms with Crippen LogP contribution in [0.4, 0.5) is 0 Å². The standard InChI is InChI=1S/C14H24O2/c1-7-10-12(15)11(8-2)13(10)16-14(5,6)9(3)4/h9-10H,7-8H2,1-6H3. The average Bonchev–Trinajstić information content (AvgIpc) is 2.18. The Labute approximate surface area is 99.1 Å². The summed E-state index contributed by atoms with van der Waals surface area (Å²) >= 11 is 0. The van der Waals surface area contributed by atoms with E-state index in [-0.39, 0.29) is 11.5 Å². The minimum atomic E-state index is -0.191. The molecule has 0 aromatic heterocycles. The van der Waals surface area contributed by atoms with Crippen LogP contribution in [0.25, 0.3) is 0 Å². The van der Waals surface area contributed by atoms with Crippen molar-refractivity contribution in [2.45, 2.75) is 60.0 Å². The predicted molar refractivity (Wildman–Crippen MR) is 66.1 cm³/mol. The SMILES string of the molecule is CCC1=C(OC(C)(C)C(C)C)C(CC)C1=O. The Kier molecular flexibility index (Phi) is 3.82. The van der Waals surface area contributed by atoms with E-state index in [2.05, 4.69) is 27.7 Å². The van der Waals surface area contributed by atoms with E-state index in [0.29, 0.717) is 11.7 Å². The van der Waals surface area contributed by atoms with E-state index in [4.69, 9.17) is 4.74 Å². The second-order valence-electron chi connectivity index (χ2n) is 5.38. The Hall–Kier alpha value is -0.790. The van der Waals surface area contributed by atoms with Crippen molar-refractivity contribution in [2.24, 2.45) is 11.8 Å². The van der Waals surface area contributed by atoms with Crippen LogP contribution in [0.5, 0.6) is 0 Å². The van der Waals surface area contributed by atoms with Crippen molar-refractivity contribution in [3.63, 3.8) is 0 Å². The molecule has 0 radical (unpaired) electrons. The molecule has 0 aromatic carbocycles. The minimum absolute atomic E-state index is 0.0213. The molecule has 0 saturated carbocycles. The number of hydrogen-bond donors (Lipinski definition) is 0. The third kappa shape index (κ3) is 2.16. The molecular weight excluding hydrogens is 200 g/mol. The van der Waals surface area contributed by atoms with Crippen LogP contribution in [0.1, 0.15) is 54.4 Å². The first-order chi connectivity index (χ1) is 7.35. The zero-order valence-electron chi connectivity index (χ0n) is 11.4. The molecule has 16 heavy (non-hydrogen) atoms. The van der Waals surface area contributed by atoms with Crippen LogP contribution in [-0.4, -0.2) is 11.4 Å². The fraction of sp³-hybridized carbons (Fsp3) is 0.786. The van der Waals surface area contributed by atoms with Crippen molar-refractivity contribution in [3.8, 4) is 0 Å². The zero-order valence-corrected chi connectivity index (χ0v) is 11.4. The number of ether oxygens (including phenoxy) is 1. The molecule has 0 aromatic rings. The van der Waals surface area contributed by atoms with Gasteiger partial charge in [-0.1, -0.05) is 27.7 Å². The molecule has 0 N–H and O–H groups in total. The van der Waals surface area contributed by atoms with Gasteiger partial charge in [0.15, 0.2) is 5.78 Å². The van der Waals surface area contributed by atoms with E-state index in [9.17, 15) is 4.79 Å². The maximum atomic E-state index is 11.8. The summed E-state index contributed by atoms with van der Waals surface area (Å²) in [5.41, 5.74) is 0.713.